The van der Waals surface area contributed by atoms with Crippen molar-refractivity contribution in [3.63, 3.8) is 0 Å². The first-order chi connectivity index (χ1) is 15.3. The maximum Gasteiger partial charge on any atom is 0.311 e. The van der Waals surface area contributed by atoms with Gasteiger partial charge in [-0.15, -0.1) is 18.3 Å². The topological polar surface area (TPSA) is 87.1 Å². The molecule has 0 aliphatic carbocycles. The van der Waals surface area contributed by atoms with E-state index < -0.39 is 22.6 Å². The van der Waals surface area contributed by atoms with Crippen LogP contribution in [0.25, 0.3) is 0 Å². The molecule has 2 bridgehead atoms. The molecule has 8 heteroatoms. The zero-order valence-corrected chi connectivity index (χ0v) is 20.0. The molecule has 178 valence electrons. The quantitative estimate of drug-likeness (QED) is 0.271. The van der Waals surface area contributed by atoms with E-state index in [1.807, 2.05) is 13.8 Å². The van der Waals surface area contributed by atoms with Gasteiger partial charge in [0.15, 0.2) is 0 Å². The summed E-state index contributed by atoms with van der Waals surface area (Å²) >= 11 is 1.65. The van der Waals surface area contributed by atoms with E-state index in [4.69, 9.17) is 9.84 Å². The summed E-state index contributed by atoms with van der Waals surface area (Å²) in [5, 5.41) is 9.11. The summed E-state index contributed by atoms with van der Waals surface area (Å²) in [6.45, 7) is 12.4. The second-order valence-corrected chi connectivity index (χ2v) is 10.8. The summed E-state index contributed by atoms with van der Waals surface area (Å²) < 4.78 is 4.78. The molecule has 3 saturated heterocycles. The number of esters is 1. The van der Waals surface area contributed by atoms with E-state index in [0.29, 0.717) is 25.9 Å². The predicted octanol–water partition coefficient (Wildman–Crippen LogP) is 2.39. The third-order valence-corrected chi connectivity index (χ3v) is 8.89. The van der Waals surface area contributed by atoms with Gasteiger partial charge < -0.3 is 19.6 Å². The summed E-state index contributed by atoms with van der Waals surface area (Å²) in [4.78, 5) is 44.1. The molecule has 0 aromatic carbocycles. The van der Waals surface area contributed by atoms with Crippen LogP contribution in [0.15, 0.2) is 25.3 Å². The number of hydrogen-bond acceptors (Lipinski definition) is 6. The Morgan fingerprint density at radius 2 is 2.06 bits per heavy atom. The number of nitrogens with zero attached hydrogens (tertiary/aromatic N) is 2. The molecule has 3 aliphatic rings. The molecule has 1 N–H and O–H groups in total. The number of ether oxygens (including phenoxy) is 1. The Morgan fingerprint density at radius 3 is 2.69 bits per heavy atom. The van der Waals surface area contributed by atoms with Crippen molar-refractivity contribution in [2.75, 3.05) is 26.3 Å². The molecule has 3 heterocycles. The molecule has 0 aromatic heterocycles. The van der Waals surface area contributed by atoms with Crippen LogP contribution in [0, 0.1) is 11.8 Å². The van der Waals surface area contributed by atoms with Gasteiger partial charge in [-0.3, -0.25) is 14.4 Å². The highest BCUT2D eigenvalue weighted by Crippen LogP contribution is 2.66. The van der Waals surface area contributed by atoms with Crippen LogP contribution >= 0.6 is 11.8 Å². The molecule has 3 fully saturated rings. The number of amides is 2. The molecule has 5 atom stereocenters. The molecule has 32 heavy (non-hydrogen) atoms. The van der Waals surface area contributed by atoms with E-state index in [0.717, 1.165) is 19.3 Å². The minimum absolute atomic E-state index is 0.00000790. The van der Waals surface area contributed by atoms with Gasteiger partial charge in [0.1, 0.15) is 12.6 Å². The normalized spacial score (nSPS) is 30.5. The molecule has 3 rings (SSSR count). The number of aliphatic hydroxyl groups is 1. The standard InChI is InChI=1S/C24H36N2O5S/c1-5-12-25(16(3)4)22(29)20-24-11-10-17(32-24)18(23(30)31-15-6-2)19(24)21(28)26(20)13-8-7-9-14-27/h5-6,16-20,27H,1-2,7-15H2,3-4H3/t17-,18+,19+,20?,24?/m1/s1. The van der Waals surface area contributed by atoms with Crippen molar-refractivity contribution >= 4 is 29.5 Å². The van der Waals surface area contributed by atoms with Crippen molar-refractivity contribution < 1.29 is 24.2 Å². The molecule has 0 radical (unpaired) electrons. The van der Waals surface area contributed by atoms with Gasteiger partial charge in [-0.25, -0.2) is 0 Å². The van der Waals surface area contributed by atoms with Crippen LogP contribution in [0.3, 0.4) is 0 Å². The largest absolute Gasteiger partial charge is 0.461 e. The fourth-order valence-electron chi connectivity index (χ4n) is 5.60. The van der Waals surface area contributed by atoms with Gasteiger partial charge in [-0.05, 0) is 46.0 Å². The Morgan fingerprint density at radius 1 is 1.31 bits per heavy atom. The molecule has 0 aromatic rings. The van der Waals surface area contributed by atoms with Crippen molar-refractivity contribution in [1.29, 1.82) is 0 Å². The Kier molecular flexibility index (Phi) is 8.09. The Labute approximate surface area is 195 Å². The minimum Gasteiger partial charge on any atom is -0.461 e. The number of likely N-dealkylation sites (tertiary alicyclic amines) is 1. The number of unbranched alkanes of at least 4 members (excludes halogenated alkanes) is 2. The van der Waals surface area contributed by atoms with Crippen molar-refractivity contribution in [2.45, 2.75) is 68.0 Å². The highest BCUT2D eigenvalue weighted by atomic mass is 32.2. The van der Waals surface area contributed by atoms with E-state index in [1.165, 1.54) is 6.08 Å². The smallest absolute Gasteiger partial charge is 0.311 e. The zero-order chi connectivity index (χ0) is 23.5. The molecule has 2 amide bonds. The lowest BCUT2D eigenvalue weighted by Gasteiger charge is -2.38. The van der Waals surface area contributed by atoms with Gasteiger partial charge in [-0.1, -0.05) is 18.7 Å². The van der Waals surface area contributed by atoms with Crippen LogP contribution in [0.5, 0.6) is 0 Å². The lowest BCUT2D eigenvalue weighted by atomic mass is 9.71. The van der Waals surface area contributed by atoms with Gasteiger partial charge in [-0.2, -0.15) is 0 Å². The van der Waals surface area contributed by atoms with E-state index in [9.17, 15) is 14.4 Å². The van der Waals surface area contributed by atoms with Gasteiger partial charge in [0, 0.05) is 31.0 Å². The number of fused-ring (bicyclic) bond motifs is 1. The summed E-state index contributed by atoms with van der Waals surface area (Å²) in [5.41, 5.74) is 0. The van der Waals surface area contributed by atoms with E-state index >= 15 is 0 Å². The van der Waals surface area contributed by atoms with Crippen molar-refractivity contribution in [2.24, 2.45) is 11.8 Å². The van der Waals surface area contributed by atoms with Crippen molar-refractivity contribution in [3.8, 4) is 0 Å². The monoisotopic (exact) mass is 464 g/mol. The first-order valence-electron chi connectivity index (χ1n) is 11.6. The minimum atomic E-state index is -0.595. The average molecular weight is 465 g/mol. The maximum atomic E-state index is 13.9. The molecular weight excluding hydrogens is 428 g/mol. The number of carbonyl (C=O) groups excluding carboxylic acids is 3. The summed E-state index contributed by atoms with van der Waals surface area (Å²) in [6.07, 6.45) is 6.93. The van der Waals surface area contributed by atoms with E-state index in [2.05, 4.69) is 13.2 Å². The summed E-state index contributed by atoms with van der Waals surface area (Å²) in [5.74, 6) is -1.59. The highest BCUT2D eigenvalue weighted by Gasteiger charge is 2.74. The molecule has 3 aliphatic heterocycles. The third-order valence-electron chi connectivity index (χ3n) is 6.94. The fraction of sp³-hybridized carbons (Fsp3) is 0.708. The summed E-state index contributed by atoms with van der Waals surface area (Å²) in [7, 11) is 0. The zero-order valence-electron chi connectivity index (χ0n) is 19.2. The van der Waals surface area contributed by atoms with Crippen LogP contribution in [0.4, 0.5) is 0 Å². The second-order valence-electron chi connectivity index (χ2n) is 9.16. The highest BCUT2D eigenvalue weighted by molar-refractivity contribution is 8.02. The number of carbonyl (C=O) groups is 3. The Balaban J connectivity index is 1.95. The number of hydrogen-bond donors (Lipinski definition) is 1. The first kappa shape index (κ1) is 24.8. The average Bonchev–Trinajstić information content (AvgIpc) is 3.40. The Bertz CT molecular complexity index is 757. The number of aliphatic hydroxyl groups excluding tert-OH is 1. The molecule has 2 unspecified atom stereocenters. The predicted molar refractivity (Wildman–Crippen MR) is 125 cm³/mol. The fourth-order valence-corrected chi connectivity index (χ4v) is 7.80. The molecule has 7 nitrogen and oxygen atoms in total. The van der Waals surface area contributed by atoms with Gasteiger partial charge in [0.05, 0.1) is 16.6 Å². The number of thioether (sulfide) groups is 1. The second kappa shape index (κ2) is 10.4. The molecular formula is C24H36N2O5S. The van der Waals surface area contributed by atoms with Gasteiger partial charge >= 0.3 is 5.97 Å². The maximum absolute atomic E-state index is 13.9. The molecule has 1 spiro atoms. The van der Waals surface area contributed by atoms with Crippen LogP contribution in [-0.2, 0) is 19.1 Å². The van der Waals surface area contributed by atoms with Crippen LogP contribution < -0.4 is 0 Å². The van der Waals surface area contributed by atoms with Crippen molar-refractivity contribution in [1.82, 2.24) is 9.80 Å². The lowest BCUT2D eigenvalue weighted by Crippen LogP contribution is -2.56. The Hall–Kier alpha value is -1.80. The third kappa shape index (κ3) is 4.23. The summed E-state index contributed by atoms with van der Waals surface area (Å²) in [6, 6.07) is -0.622. The van der Waals surface area contributed by atoms with Crippen molar-refractivity contribution in [3.05, 3.63) is 25.3 Å². The lowest BCUT2D eigenvalue weighted by molar-refractivity contribution is -0.153. The SMILES string of the molecule is C=CCOC(=O)[C@@H]1[C@H]2C(=O)N(CCCCCO)C(C(=O)N(CC=C)C(C)C)C23CC[C@H]1S3. The van der Waals surface area contributed by atoms with Crippen LogP contribution in [0.2, 0.25) is 0 Å². The van der Waals surface area contributed by atoms with Gasteiger partial charge in [0.2, 0.25) is 11.8 Å². The van der Waals surface area contributed by atoms with Crippen LogP contribution in [0.1, 0.15) is 46.0 Å². The van der Waals surface area contributed by atoms with Crippen LogP contribution in [-0.4, -0.2) is 81.1 Å². The van der Waals surface area contributed by atoms with E-state index in [-0.39, 0.29) is 42.3 Å². The van der Waals surface area contributed by atoms with E-state index in [1.54, 1.807) is 27.6 Å². The number of rotatable bonds is 12. The first-order valence-corrected chi connectivity index (χ1v) is 12.5. The molecule has 0 saturated carbocycles. The van der Waals surface area contributed by atoms with Gasteiger partial charge in [0.25, 0.3) is 0 Å².